The molecule has 0 aromatic carbocycles. The van der Waals surface area contributed by atoms with Gasteiger partial charge in [-0.05, 0) is 50.5 Å². The summed E-state index contributed by atoms with van der Waals surface area (Å²) in [6.45, 7) is 5.17. The van der Waals surface area contributed by atoms with Crippen molar-refractivity contribution in [2.75, 3.05) is 26.7 Å². The Hall–Kier alpha value is -1.29. The number of nitrogens with one attached hydrogen (secondary N) is 1. The molecule has 0 unspecified atom stereocenters. The van der Waals surface area contributed by atoms with E-state index in [1.165, 1.54) is 6.26 Å². The lowest BCUT2D eigenvalue weighted by molar-refractivity contribution is 0.0865. The van der Waals surface area contributed by atoms with Crippen molar-refractivity contribution < 1.29 is 9.21 Å². The quantitative estimate of drug-likeness (QED) is 0.869. The summed E-state index contributed by atoms with van der Waals surface area (Å²) in [6.07, 6.45) is 3.77. The van der Waals surface area contributed by atoms with Crippen LogP contribution >= 0.6 is 0 Å². The number of amides is 1. The van der Waals surface area contributed by atoms with Crippen molar-refractivity contribution in [1.29, 1.82) is 0 Å². The molecule has 0 bridgehead atoms. The maximum Gasteiger partial charge on any atom is 0.286 e. The molecule has 1 N–H and O–H groups in total. The van der Waals surface area contributed by atoms with Crippen LogP contribution in [0.1, 0.15) is 30.3 Å². The van der Waals surface area contributed by atoms with Crippen LogP contribution < -0.4 is 5.32 Å². The van der Waals surface area contributed by atoms with E-state index in [4.69, 9.17) is 4.42 Å². The number of nitrogens with zero attached hydrogens (tertiary/aromatic N) is 1. The first-order valence-corrected chi connectivity index (χ1v) is 6.09. The largest absolute Gasteiger partial charge is 0.459 e. The highest BCUT2D eigenvalue weighted by Gasteiger charge is 2.29. The van der Waals surface area contributed by atoms with Crippen LogP contribution in [0.2, 0.25) is 0 Å². The second-order valence-corrected chi connectivity index (χ2v) is 5.27. The summed E-state index contributed by atoms with van der Waals surface area (Å²) in [7, 11) is 2.14. The van der Waals surface area contributed by atoms with Gasteiger partial charge in [0, 0.05) is 6.54 Å². The van der Waals surface area contributed by atoms with Crippen LogP contribution in [-0.2, 0) is 0 Å². The SMILES string of the molecule is CN1CCC(C)(CNC(=O)c2ccco2)CC1. The number of hydrogen-bond acceptors (Lipinski definition) is 3. The molecule has 0 aliphatic carbocycles. The maximum atomic E-state index is 11.7. The van der Waals surface area contributed by atoms with Crippen LogP contribution in [-0.4, -0.2) is 37.5 Å². The molecule has 17 heavy (non-hydrogen) atoms. The van der Waals surface area contributed by atoms with Crippen molar-refractivity contribution in [2.45, 2.75) is 19.8 Å². The molecule has 0 atom stereocenters. The van der Waals surface area contributed by atoms with E-state index < -0.39 is 0 Å². The summed E-state index contributed by atoms with van der Waals surface area (Å²) in [5, 5.41) is 2.96. The summed E-state index contributed by atoms with van der Waals surface area (Å²) in [5.74, 6) is 0.275. The number of piperidine rings is 1. The van der Waals surface area contributed by atoms with Gasteiger partial charge in [0.15, 0.2) is 5.76 Å². The van der Waals surface area contributed by atoms with Gasteiger partial charge in [0.05, 0.1) is 6.26 Å². The first kappa shape index (κ1) is 12.2. The van der Waals surface area contributed by atoms with E-state index in [1.807, 2.05) is 0 Å². The van der Waals surface area contributed by atoms with E-state index in [-0.39, 0.29) is 11.3 Å². The van der Waals surface area contributed by atoms with Crippen molar-refractivity contribution in [3.8, 4) is 0 Å². The summed E-state index contributed by atoms with van der Waals surface area (Å²) in [6, 6.07) is 3.42. The Kier molecular flexibility index (Phi) is 3.52. The number of carbonyl (C=O) groups is 1. The summed E-state index contributed by atoms with van der Waals surface area (Å²) >= 11 is 0. The van der Waals surface area contributed by atoms with Crippen molar-refractivity contribution in [2.24, 2.45) is 5.41 Å². The van der Waals surface area contributed by atoms with Crippen molar-refractivity contribution in [3.05, 3.63) is 24.2 Å². The molecule has 0 radical (unpaired) electrons. The number of rotatable bonds is 3. The van der Waals surface area contributed by atoms with Gasteiger partial charge in [-0.15, -0.1) is 0 Å². The summed E-state index contributed by atoms with van der Waals surface area (Å²) in [4.78, 5) is 14.1. The molecule has 2 heterocycles. The third-order valence-corrected chi connectivity index (χ3v) is 3.61. The fourth-order valence-corrected chi connectivity index (χ4v) is 2.12. The van der Waals surface area contributed by atoms with E-state index in [0.717, 1.165) is 32.5 Å². The Morgan fingerprint density at radius 2 is 2.24 bits per heavy atom. The average molecular weight is 236 g/mol. The Morgan fingerprint density at radius 3 is 2.82 bits per heavy atom. The third-order valence-electron chi connectivity index (χ3n) is 3.61. The molecule has 0 saturated carbocycles. The van der Waals surface area contributed by atoms with Gasteiger partial charge in [-0.25, -0.2) is 0 Å². The minimum atomic E-state index is -0.116. The van der Waals surface area contributed by atoms with E-state index >= 15 is 0 Å². The lowest BCUT2D eigenvalue weighted by Gasteiger charge is -2.37. The van der Waals surface area contributed by atoms with Gasteiger partial charge in [0.2, 0.25) is 0 Å². The molecule has 1 aliphatic heterocycles. The maximum absolute atomic E-state index is 11.7. The smallest absolute Gasteiger partial charge is 0.286 e. The number of hydrogen-bond donors (Lipinski definition) is 1. The molecular formula is C13H20N2O2. The number of furan rings is 1. The average Bonchev–Trinajstić information content (AvgIpc) is 2.84. The highest BCUT2D eigenvalue weighted by molar-refractivity contribution is 5.91. The van der Waals surface area contributed by atoms with Crippen molar-refractivity contribution in [1.82, 2.24) is 10.2 Å². The molecule has 1 fully saturated rings. The Morgan fingerprint density at radius 1 is 1.53 bits per heavy atom. The predicted octanol–water partition coefficient (Wildman–Crippen LogP) is 1.74. The number of likely N-dealkylation sites (tertiary alicyclic amines) is 1. The molecular weight excluding hydrogens is 216 g/mol. The van der Waals surface area contributed by atoms with Gasteiger partial charge in [-0.2, -0.15) is 0 Å². The number of carbonyl (C=O) groups excluding carboxylic acids is 1. The molecule has 1 aromatic rings. The van der Waals surface area contributed by atoms with Crippen LogP contribution in [0.15, 0.2) is 22.8 Å². The highest BCUT2D eigenvalue weighted by atomic mass is 16.3. The monoisotopic (exact) mass is 236 g/mol. The van der Waals surface area contributed by atoms with E-state index in [9.17, 15) is 4.79 Å². The topological polar surface area (TPSA) is 45.5 Å². The van der Waals surface area contributed by atoms with Gasteiger partial charge < -0.3 is 14.6 Å². The van der Waals surface area contributed by atoms with Gasteiger partial charge in [0.25, 0.3) is 5.91 Å². The Labute approximate surface area is 102 Å². The standard InChI is InChI=1S/C13H20N2O2/c1-13(5-7-15(2)8-6-13)10-14-12(16)11-4-3-9-17-11/h3-4,9H,5-8,10H2,1-2H3,(H,14,16). The van der Waals surface area contributed by atoms with Crippen LogP contribution in [0, 0.1) is 5.41 Å². The Bertz CT molecular complexity index is 365. The minimum absolute atomic E-state index is 0.116. The zero-order chi connectivity index (χ0) is 12.3. The Balaban J connectivity index is 1.83. The van der Waals surface area contributed by atoms with Crippen LogP contribution in [0.25, 0.3) is 0 Å². The van der Waals surface area contributed by atoms with Crippen LogP contribution in [0.4, 0.5) is 0 Å². The van der Waals surface area contributed by atoms with E-state index in [1.54, 1.807) is 12.1 Å². The molecule has 1 aromatic heterocycles. The second kappa shape index (κ2) is 4.92. The van der Waals surface area contributed by atoms with Crippen LogP contribution in [0.5, 0.6) is 0 Å². The molecule has 0 spiro atoms. The van der Waals surface area contributed by atoms with E-state index in [0.29, 0.717) is 5.76 Å². The summed E-state index contributed by atoms with van der Waals surface area (Å²) < 4.78 is 5.06. The van der Waals surface area contributed by atoms with E-state index in [2.05, 4.69) is 24.2 Å². The molecule has 1 aliphatic rings. The van der Waals surface area contributed by atoms with Gasteiger partial charge >= 0.3 is 0 Å². The molecule has 4 heteroatoms. The molecule has 94 valence electrons. The highest BCUT2D eigenvalue weighted by Crippen LogP contribution is 2.29. The predicted molar refractivity (Wildman–Crippen MR) is 65.9 cm³/mol. The van der Waals surface area contributed by atoms with Gasteiger partial charge in [-0.3, -0.25) is 4.79 Å². The zero-order valence-corrected chi connectivity index (χ0v) is 10.5. The molecule has 1 amide bonds. The van der Waals surface area contributed by atoms with Gasteiger partial charge in [0.1, 0.15) is 0 Å². The minimum Gasteiger partial charge on any atom is -0.459 e. The first-order valence-electron chi connectivity index (χ1n) is 6.09. The first-order chi connectivity index (χ1) is 8.09. The summed E-state index contributed by atoms with van der Waals surface area (Å²) in [5.41, 5.74) is 0.217. The molecule has 1 saturated heterocycles. The zero-order valence-electron chi connectivity index (χ0n) is 10.5. The lowest BCUT2D eigenvalue weighted by Crippen LogP contribution is -2.43. The van der Waals surface area contributed by atoms with Crippen molar-refractivity contribution >= 4 is 5.91 Å². The lowest BCUT2D eigenvalue weighted by atomic mass is 9.80. The van der Waals surface area contributed by atoms with Gasteiger partial charge in [-0.1, -0.05) is 6.92 Å². The van der Waals surface area contributed by atoms with Crippen molar-refractivity contribution in [3.63, 3.8) is 0 Å². The molecule has 2 rings (SSSR count). The normalized spacial score (nSPS) is 20.1. The molecule has 4 nitrogen and oxygen atoms in total. The third kappa shape index (κ3) is 3.09. The second-order valence-electron chi connectivity index (χ2n) is 5.27. The fourth-order valence-electron chi connectivity index (χ4n) is 2.12. The van der Waals surface area contributed by atoms with Crippen LogP contribution in [0.3, 0.4) is 0 Å². The fraction of sp³-hybridized carbons (Fsp3) is 0.615.